The lowest BCUT2D eigenvalue weighted by Crippen LogP contribution is -2.15. The summed E-state index contributed by atoms with van der Waals surface area (Å²) in [5.74, 6) is 0.872. The van der Waals surface area contributed by atoms with Gasteiger partial charge in [0.05, 0.1) is 11.6 Å². The highest BCUT2D eigenvalue weighted by atomic mass is 15.2. The van der Waals surface area contributed by atoms with Crippen LogP contribution in [0.4, 0.5) is 11.5 Å². The van der Waals surface area contributed by atoms with E-state index >= 15 is 0 Å². The van der Waals surface area contributed by atoms with Gasteiger partial charge in [0, 0.05) is 17.9 Å². The van der Waals surface area contributed by atoms with Crippen molar-refractivity contribution in [3.63, 3.8) is 0 Å². The van der Waals surface area contributed by atoms with Crippen molar-refractivity contribution in [2.24, 2.45) is 0 Å². The Morgan fingerprint density at radius 3 is 2.94 bits per heavy atom. The first-order valence-electron chi connectivity index (χ1n) is 6.02. The normalized spacial score (nSPS) is 13.2. The molecule has 1 aliphatic heterocycles. The molecule has 18 heavy (non-hydrogen) atoms. The zero-order valence-corrected chi connectivity index (χ0v) is 10.2. The molecule has 3 rings (SSSR count). The van der Waals surface area contributed by atoms with Gasteiger partial charge in [0.1, 0.15) is 5.82 Å². The number of hydrogen-bond donors (Lipinski definition) is 0. The van der Waals surface area contributed by atoms with Crippen LogP contribution in [0.25, 0.3) is 0 Å². The predicted octanol–water partition coefficient (Wildman–Crippen LogP) is 2.96. The quantitative estimate of drug-likeness (QED) is 0.763. The third kappa shape index (κ3) is 1.72. The van der Waals surface area contributed by atoms with Gasteiger partial charge in [-0.25, -0.2) is 4.98 Å². The molecule has 1 aromatic heterocycles. The van der Waals surface area contributed by atoms with Gasteiger partial charge >= 0.3 is 0 Å². The van der Waals surface area contributed by atoms with E-state index in [1.165, 1.54) is 11.3 Å². The molecule has 0 radical (unpaired) electrons. The van der Waals surface area contributed by atoms with Crippen LogP contribution in [0.2, 0.25) is 0 Å². The number of para-hydroxylation sites is 1. The summed E-state index contributed by atoms with van der Waals surface area (Å²) in [6, 6.07) is 14.2. The standard InChI is InChI=1S/C15H13N3/c1-11-8-12(10-16)9-15(17-11)18-7-6-13-4-2-3-5-14(13)18/h2-5,8-9H,6-7H2,1H3. The Morgan fingerprint density at radius 2 is 2.11 bits per heavy atom. The van der Waals surface area contributed by atoms with Crippen LogP contribution in [0, 0.1) is 18.3 Å². The highest BCUT2D eigenvalue weighted by Gasteiger charge is 2.21. The summed E-state index contributed by atoms with van der Waals surface area (Å²) < 4.78 is 0. The minimum absolute atomic E-state index is 0.668. The van der Waals surface area contributed by atoms with Gasteiger partial charge < -0.3 is 4.90 Å². The number of pyridine rings is 1. The lowest BCUT2D eigenvalue weighted by atomic mass is 10.2. The second kappa shape index (κ2) is 4.15. The maximum atomic E-state index is 9.03. The van der Waals surface area contributed by atoms with Crippen LogP contribution >= 0.6 is 0 Å². The molecule has 0 atom stereocenters. The molecule has 3 nitrogen and oxygen atoms in total. The minimum Gasteiger partial charge on any atom is -0.326 e. The molecule has 0 saturated carbocycles. The van der Waals surface area contributed by atoms with Gasteiger partial charge in [-0.1, -0.05) is 18.2 Å². The van der Waals surface area contributed by atoms with Crippen LogP contribution in [0.5, 0.6) is 0 Å². The lowest BCUT2D eigenvalue weighted by Gasteiger charge is -2.18. The molecule has 3 heteroatoms. The molecule has 0 aliphatic carbocycles. The highest BCUT2D eigenvalue weighted by molar-refractivity contribution is 5.68. The molecular formula is C15H13N3. The average Bonchev–Trinajstić information content (AvgIpc) is 2.81. The van der Waals surface area contributed by atoms with E-state index in [0.29, 0.717) is 5.56 Å². The van der Waals surface area contributed by atoms with Crippen LogP contribution in [0.15, 0.2) is 36.4 Å². The number of nitrogens with zero attached hydrogens (tertiary/aromatic N) is 3. The van der Waals surface area contributed by atoms with Gasteiger partial charge in [0.2, 0.25) is 0 Å². The zero-order valence-electron chi connectivity index (χ0n) is 10.2. The topological polar surface area (TPSA) is 39.9 Å². The molecule has 0 N–H and O–H groups in total. The van der Waals surface area contributed by atoms with Crippen molar-refractivity contribution in [1.29, 1.82) is 5.26 Å². The molecule has 2 aromatic rings. The monoisotopic (exact) mass is 235 g/mol. The molecule has 0 fully saturated rings. The molecule has 0 amide bonds. The van der Waals surface area contributed by atoms with Crippen molar-refractivity contribution < 1.29 is 0 Å². The van der Waals surface area contributed by atoms with Crippen molar-refractivity contribution in [3.05, 3.63) is 53.2 Å². The van der Waals surface area contributed by atoms with Gasteiger partial charge in [-0.05, 0) is 37.1 Å². The minimum atomic E-state index is 0.668. The Balaban J connectivity index is 2.08. The van der Waals surface area contributed by atoms with Crippen LogP contribution in [-0.2, 0) is 6.42 Å². The van der Waals surface area contributed by atoms with E-state index in [2.05, 4.69) is 34.2 Å². The summed E-state index contributed by atoms with van der Waals surface area (Å²) in [6.07, 6.45) is 1.04. The summed E-state index contributed by atoms with van der Waals surface area (Å²) in [5.41, 5.74) is 4.11. The van der Waals surface area contributed by atoms with Crippen LogP contribution in [0.1, 0.15) is 16.8 Å². The van der Waals surface area contributed by atoms with Gasteiger partial charge in [-0.3, -0.25) is 0 Å². The van der Waals surface area contributed by atoms with Crippen molar-refractivity contribution >= 4 is 11.5 Å². The number of benzene rings is 1. The molecule has 0 spiro atoms. The Bertz CT molecular complexity index is 640. The molecule has 1 aliphatic rings. The second-order valence-electron chi connectivity index (χ2n) is 4.50. The maximum Gasteiger partial charge on any atom is 0.134 e. The molecule has 2 heterocycles. The van der Waals surface area contributed by atoms with Crippen LogP contribution in [-0.4, -0.2) is 11.5 Å². The van der Waals surface area contributed by atoms with Gasteiger partial charge in [-0.15, -0.1) is 0 Å². The van der Waals surface area contributed by atoms with Crippen molar-refractivity contribution in [1.82, 2.24) is 4.98 Å². The average molecular weight is 235 g/mol. The highest BCUT2D eigenvalue weighted by Crippen LogP contribution is 2.33. The fourth-order valence-corrected chi connectivity index (χ4v) is 2.43. The number of aryl methyl sites for hydroxylation is 1. The Hall–Kier alpha value is -2.34. The SMILES string of the molecule is Cc1cc(C#N)cc(N2CCc3ccccc32)n1. The fourth-order valence-electron chi connectivity index (χ4n) is 2.43. The van der Waals surface area contributed by atoms with E-state index in [1.54, 1.807) is 0 Å². The predicted molar refractivity (Wildman–Crippen MR) is 70.8 cm³/mol. The number of aromatic nitrogens is 1. The van der Waals surface area contributed by atoms with E-state index in [-0.39, 0.29) is 0 Å². The Kier molecular flexibility index (Phi) is 2.49. The number of anilines is 2. The molecule has 0 unspecified atom stereocenters. The van der Waals surface area contributed by atoms with Crippen LogP contribution in [0.3, 0.4) is 0 Å². The van der Waals surface area contributed by atoms with E-state index in [0.717, 1.165) is 24.5 Å². The smallest absolute Gasteiger partial charge is 0.134 e. The molecule has 0 saturated heterocycles. The number of nitriles is 1. The van der Waals surface area contributed by atoms with Crippen LogP contribution < -0.4 is 4.90 Å². The number of hydrogen-bond acceptors (Lipinski definition) is 3. The maximum absolute atomic E-state index is 9.03. The number of fused-ring (bicyclic) bond motifs is 1. The molecule has 1 aromatic carbocycles. The zero-order chi connectivity index (χ0) is 12.5. The van der Waals surface area contributed by atoms with Gasteiger partial charge in [-0.2, -0.15) is 5.26 Å². The summed E-state index contributed by atoms with van der Waals surface area (Å²) in [6.45, 7) is 2.85. The van der Waals surface area contributed by atoms with E-state index < -0.39 is 0 Å². The van der Waals surface area contributed by atoms with E-state index in [1.807, 2.05) is 25.1 Å². The molecule has 0 bridgehead atoms. The first-order valence-corrected chi connectivity index (χ1v) is 6.02. The first-order chi connectivity index (χ1) is 8.78. The summed E-state index contributed by atoms with van der Waals surface area (Å²) in [7, 11) is 0. The third-order valence-corrected chi connectivity index (χ3v) is 3.23. The molecular weight excluding hydrogens is 222 g/mol. The second-order valence-corrected chi connectivity index (χ2v) is 4.50. The summed E-state index contributed by atoms with van der Waals surface area (Å²) in [4.78, 5) is 6.72. The van der Waals surface area contributed by atoms with Crippen molar-refractivity contribution in [3.8, 4) is 6.07 Å². The lowest BCUT2D eigenvalue weighted by molar-refractivity contribution is 0.965. The largest absolute Gasteiger partial charge is 0.326 e. The number of rotatable bonds is 1. The first kappa shape index (κ1) is 10.8. The van der Waals surface area contributed by atoms with Gasteiger partial charge in [0.15, 0.2) is 0 Å². The van der Waals surface area contributed by atoms with E-state index in [4.69, 9.17) is 5.26 Å². The Morgan fingerprint density at radius 1 is 1.28 bits per heavy atom. The summed E-state index contributed by atoms with van der Waals surface area (Å²) >= 11 is 0. The van der Waals surface area contributed by atoms with E-state index in [9.17, 15) is 0 Å². The summed E-state index contributed by atoms with van der Waals surface area (Å²) in [5, 5.41) is 9.03. The van der Waals surface area contributed by atoms with Crippen molar-refractivity contribution in [2.45, 2.75) is 13.3 Å². The van der Waals surface area contributed by atoms with Crippen molar-refractivity contribution in [2.75, 3.05) is 11.4 Å². The molecule has 88 valence electrons. The third-order valence-electron chi connectivity index (χ3n) is 3.23. The van der Waals surface area contributed by atoms with Gasteiger partial charge in [0.25, 0.3) is 0 Å². The Labute approximate surface area is 106 Å². The fraction of sp³-hybridized carbons (Fsp3) is 0.200.